The lowest BCUT2D eigenvalue weighted by molar-refractivity contribution is 0.815. The van der Waals surface area contributed by atoms with E-state index < -0.39 is 16.1 Å². The van der Waals surface area contributed by atoms with E-state index in [-0.39, 0.29) is 0 Å². The van der Waals surface area contributed by atoms with E-state index >= 15 is 0 Å². The van der Waals surface area contributed by atoms with E-state index in [2.05, 4.69) is 86.9 Å². The van der Waals surface area contributed by atoms with Crippen LogP contribution in [-0.4, -0.2) is 16.1 Å². The topological polar surface area (TPSA) is 0 Å². The van der Waals surface area contributed by atoms with Crippen molar-refractivity contribution >= 4 is 26.5 Å². The van der Waals surface area contributed by atoms with Crippen molar-refractivity contribution in [2.24, 2.45) is 5.92 Å². The van der Waals surface area contributed by atoms with Crippen LogP contribution in [0.2, 0.25) is 31.7 Å². The van der Waals surface area contributed by atoms with E-state index in [0.29, 0.717) is 5.54 Å². The molecule has 0 nitrogen and oxygen atoms in total. The molecule has 1 atom stereocenters. The second-order valence-electron chi connectivity index (χ2n) is 8.42. The predicted molar refractivity (Wildman–Crippen MR) is 113 cm³/mol. The maximum absolute atomic E-state index is 4.75. The summed E-state index contributed by atoms with van der Waals surface area (Å²) < 4.78 is 0. The lowest BCUT2D eigenvalue weighted by Gasteiger charge is -2.40. The van der Waals surface area contributed by atoms with Crippen LogP contribution < -0.4 is 10.4 Å². The maximum Gasteiger partial charge on any atom is 0.106 e. The molecule has 0 saturated heterocycles. The smallest absolute Gasteiger partial charge is 0.103 e. The van der Waals surface area contributed by atoms with Gasteiger partial charge in [0.15, 0.2) is 0 Å². The van der Waals surface area contributed by atoms with Crippen LogP contribution >= 0.6 is 0 Å². The van der Waals surface area contributed by atoms with Gasteiger partial charge in [0.1, 0.15) is 8.07 Å². The fourth-order valence-corrected chi connectivity index (χ4v) is 12.6. The van der Waals surface area contributed by atoms with Gasteiger partial charge in [-0.15, -0.1) is 6.58 Å². The number of benzene rings is 2. The van der Waals surface area contributed by atoms with E-state index in [4.69, 9.17) is 6.58 Å². The van der Waals surface area contributed by atoms with Crippen molar-refractivity contribution in [3.05, 3.63) is 72.4 Å². The molecule has 1 unspecified atom stereocenters. The Morgan fingerprint density at radius 2 is 1.29 bits per heavy atom. The van der Waals surface area contributed by atoms with Crippen molar-refractivity contribution in [2.45, 2.75) is 44.6 Å². The van der Waals surface area contributed by atoms with Gasteiger partial charge in [0.05, 0.1) is 8.07 Å². The zero-order valence-corrected chi connectivity index (χ0v) is 17.5. The summed E-state index contributed by atoms with van der Waals surface area (Å²) in [6, 6.07) is 22.4. The first-order valence-electron chi connectivity index (χ1n) is 9.15. The highest BCUT2D eigenvalue weighted by atomic mass is 28.3. The fraction of sp³-hybridized carbons (Fsp3) is 0.364. The van der Waals surface area contributed by atoms with Gasteiger partial charge < -0.3 is 0 Å². The molecule has 0 amide bonds. The summed E-state index contributed by atoms with van der Waals surface area (Å²) in [5, 5.41) is 4.69. The highest BCUT2D eigenvalue weighted by Crippen LogP contribution is 2.51. The normalized spacial score (nSPS) is 16.7. The van der Waals surface area contributed by atoms with E-state index in [0.717, 1.165) is 5.92 Å². The van der Waals surface area contributed by atoms with Gasteiger partial charge in [-0.3, -0.25) is 0 Å². The van der Waals surface area contributed by atoms with Gasteiger partial charge in [0.25, 0.3) is 0 Å². The van der Waals surface area contributed by atoms with Gasteiger partial charge >= 0.3 is 0 Å². The zero-order chi connectivity index (χ0) is 17.4. The Hall–Kier alpha value is -1.39. The molecule has 3 rings (SSSR count). The average Bonchev–Trinajstić information content (AvgIpc) is 3.41. The molecule has 0 heterocycles. The summed E-state index contributed by atoms with van der Waals surface area (Å²) in [6.07, 6.45) is 2.79. The molecule has 0 aromatic heterocycles. The van der Waals surface area contributed by atoms with Crippen LogP contribution in [0.1, 0.15) is 12.8 Å². The standard InChI is InChI=1S/C22H30Si2/c1-18(23(2,3)20-12-8-6-9-13-20)22(19-16-17-19)24(4,5)21-14-10-7-11-15-21/h6-15,19,22H,1,16-17H2,2-5H3. The van der Waals surface area contributed by atoms with Crippen molar-refractivity contribution in [1.82, 2.24) is 0 Å². The van der Waals surface area contributed by atoms with Crippen LogP contribution in [0.5, 0.6) is 0 Å². The van der Waals surface area contributed by atoms with Gasteiger partial charge in [-0.05, 0) is 24.3 Å². The van der Waals surface area contributed by atoms with E-state index in [1.165, 1.54) is 18.0 Å². The summed E-state index contributed by atoms with van der Waals surface area (Å²) in [4.78, 5) is 0. The van der Waals surface area contributed by atoms with Crippen LogP contribution in [0.4, 0.5) is 0 Å². The summed E-state index contributed by atoms with van der Waals surface area (Å²) in [6.45, 7) is 14.9. The third-order valence-electron chi connectivity index (χ3n) is 6.06. The van der Waals surface area contributed by atoms with Gasteiger partial charge in [0.2, 0.25) is 0 Å². The quantitative estimate of drug-likeness (QED) is 0.636. The van der Waals surface area contributed by atoms with E-state index in [9.17, 15) is 0 Å². The first kappa shape index (κ1) is 17.4. The summed E-state index contributed by atoms with van der Waals surface area (Å²) in [5.74, 6) is 0.870. The minimum absolute atomic E-state index is 0.710. The molecule has 1 saturated carbocycles. The van der Waals surface area contributed by atoms with Gasteiger partial charge in [-0.1, -0.05) is 102 Å². The Balaban J connectivity index is 1.98. The van der Waals surface area contributed by atoms with Crippen molar-refractivity contribution < 1.29 is 0 Å². The summed E-state index contributed by atoms with van der Waals surface area (Å²) >= 11 is 0. The number of hydrogen-bond acceptors (Lipinski definition) is 0. The second-order valence-corrected chi connectivity index (χ2v) is 17.5. The van der Waals surface area contributed by atoms with Crippen LogP contribution in [0.3, 0.4) is 0 Å². The monoisotopic (exact) mass is 350 g/mol. The maximum atomic E-state index is 4.75. The Labute approximate surface area is 149 Å². The van der Waals surface area contributed by atoms with Crippen LogP contribution in [0, 0.1) is 5.92 Å². The van der Waals surface area contributed by atoms with Crippen LogP contribution in [0.15, 0.2) is 72.4 Å². The highest BCUT2D eigenvalue weighted by molar-refractivity contribution is 7.00. The van der Waals surface area contributed by atoms with Gasteiger partial charge in [0, 0.05) is 0 Å². The molecule has 126 valence electrons. The number of rotatable bonds is 6. The van der Waals surface area contributed by atoms with Crippen molar-refractivity contribution in [3.8, 4) is 0 Å². The molecule has 1 fully saturated rings. The lowest BCUT2D eigenvalue weighted by atomic mass is 10.3. The molecular weight excluding hydrogens is 320 g/mol. The van der Waals surface area contributed by atoms with Crippen LogP contribution in [0.25, 0.3) is 0 Å². The Morgan fingerprint density at radius 1 is 0.833 bits per heavy atom. The molecule has 0 bridgehead atoms. The molecule has 2 aromatic rings. The van der Waals surface area contributed by atoms with Crippen molar-refractivity contribution in [2.75, 3.05) is 0 Å². The molecule has 24 heavy (non-hydrogen) atoms. The Morgan fingerprint density at radius 3 is 1.75 bits per heavy atom. The minimum Gasteiger partial charge on any atom is -0.103 e. The zero-order valence-electron chi connectivity index (χ0n) is 15.5. The van der Waals surface area contributed by atoms with E-state index in [1.54, 1.807) is 10.4 Å². The molecule has 0 radical (unpaired) electrons. The Bertz CT molecular complexity index is 697. The van der Waals surface area contributed by atoms with Crippen molar-refractivity contribution in [3.63, 3.8) is 0 Å². The predicted octanol–water partition coefficient (Wildman–Crippen LogP) is 5.09. The molecule has 0 aliphatic heterocycles. The molecule has 1 aliphatic rings. The first-order valence-corrected chi connectivity index (χ1v) is 15.2. The van der Waals surface area contributed by atoms with Crippen molar-refractivity contribution in [1.29, 1.82) is 0 Å². The largest absolute Gasteiger partial charge is 0.106 e. The SMILES string of the molecule is C=C(C(C1CC1)[Si](C)(C)c1ccccc1)[Si](C)(C)c1ccccc1. The molecule has 2 heteroatoms. The summed E-state index contributed by atoms with van der Waals surface area (Å²) in [5.41, 5.74) is 0.710. The number of allylic oxidation sites excluding steroid dienone is 1. The Kier molecular flexibility index (Phi) is 4.72. The molecule has 2 aromatic carbocycles. The average molecular weight is 351 g/mol. The highest BCUT2D eigenvalue weighted by Gasteiger charge is 2.48. The molecule has 1 aliphatic carbocycles. The fourth-order valence-electron chi connectivity index (χ4n) is 4.22. The number of hydrogen-bond donors (Lipinski definition) is 0. The third kappa shape index (κ3) is 3.22. The first-order chi connectivity index (χ1) is 11.3. The van der Waals surface area contributed by atoms with Gasteiger partial charge in [-0.25, -0.2) is 0 Å². The lowest BCUT2D eigenvalue weighted by Crippen LogP contribution is -2.53. The van der Waals surface area contributed by atoms with E-state index in [1.807, 2.05) is 0 Å². The summed E-state index contributed by atoms with van der Waals surface area (Å²) in [7, 11) is -3.25. The molecular formula is C22H30Si2. The minimum atomic E-state index is -1.67. The second kappa shape index (κ2) is 6.49. The molecule has 0 N–H and O–H groups in total. The third-order valence-corrected chi connectivity index (χ3v) is 14.2. The van der Waals surface area contributed by atoms with Gasteiger partial charge in [-0.2, -0.15) is 0 Å². The van der Waals surface area contributed by atoms with Crippen LogP contribution in [-0.2, 0) is 0 Å². The molecule has 0 spiro atoms.